The maximum atomic E-state index is 5.41. The Balaban J connectivity index is 2.40. The lowest BCUT2D eigenvalue weighted by Crippen LogP contribution is -2.06. The van der Waals surface area contributed by atoms with E-state index >= 15 is 0 Å². The van der Waals surface area contributed by atoms with E-state index in [0.717, 1.165) is 30.2 Å². The van der Waals surface area contributed by atoms with Gasteiger partial charge in [0.1, 0.15) is 11.6 Å². The summed E-state index contributed by atoms with van der Waals surface area (Å²) in [6.45, 7) is 3.74. The second kappa shape index (κ2) is 4.31. The van der Waals surface area contributed by atoms with Crippen molar-refractivity contribution in [2.24, 2.45) is 0 Å². The van der Waals surface area contributed by atoms with Crippen LogP contribution >= 0.6 is 0 Å². The van der Waals surface area contributed by atoms with Crippen LogP contribution in [0.4, 0.5) is 0 Å². The molecule has 0 spiro atoms. The lowest BCUT2D eigenvalue weighted by molar-refractivity contribution is 0.496. The summed E-state index contributed by atoms with van der Waals surface area (Å²) in [7, 11) is 1.90. The van der Waals surface area contributed by atoms with Gasteiger partial charge < -0.3 is 14.3 Å². The summed E-state index contributed by atoms with van der Waals surface area (Å²) in [4.78, 5) is 4.35. The zero-order valence-electron chi connectivity index (χ0n) is 9.03. The maximum absolute atomic E-state index is 5.41. The van der Waals surface area contributed by atoms with E-state index in [2.05, 4.69) is 21.8 Å². The molecule has 2 rings (SSSR count). The molecule has 0 aliphatic heterocycles. The molecule has 0 aliphatic carbocycles. The first-order valence-electron chi connectivity index (χ1n) is 5.09. The van der Waals surface area contributed by atoms with Crippen molar-refractivity contribution < 1.29 is 4.42 Å². The largest absolute Gasteiger partial charge is 0.467 e. The first-order chi connectivity index (χ1) is 7.36. The number of furan rings is 1. The van der Waals surface area contributed by atoms with Crippen molar-refractivity contribution in [2.45, 2.75) is 20.0 Å². The first-order valence-corrected chi connectivity index (χ1v) is 5.09. The third-order valence-corrected chi connectivity index (χ3v) is 2.38. The van der Waals surface area contributed by atoms with Gasteiger partial charge in [0.25, 0.3) is 0 Å². The van der Waals surface area contributed by atoms with E-state index in [9.17, 15) is 0 Å². The third kappa shape index (κ3) is 1.80. The van der Waals surface area contributed by atoms with E-state index in [1.807, 2.05) is 25.5 Å². The number of hydrogen-bond acceptors (Lipinski definition) is 3. The molecule has 2 aromatic heterocycles. The molecule has 2 heterocycles. The minimum absolute atomic E-state index is 0.721. The fraction of sp³-hybridized carbons (Fsp3) is 0.364. The zero-order chi connectivity index (χ0) is 10.7. The van der Waals surface area contributed by atoms with Crippen molar-refractivity contribution >= 4 is 0 Å². The Morgan fingerprint density at radius 2 is 2.40 bits per heavy atom. The summed E-state index contributed by atoms with van der Waals surface area (Å²) in [5, 5.41) is 3.08. The first kappa shape index (κ1) is 9.98. The average Bonchev–Trinajstić information content (AvgIpc) is 2.84. The molecule has 0 amide bonds. The predicted octanol–water partition coefficient (Wildman–Crippen LogP) is 1.88. The van der Waals surface area contributed by atoms with Crippen LogP contribution < -0.4 is 5.32 Å². The van der Waals surface area contributed by atoms with Crippen LogP contribution in [0.3, 0.4) is 0 Å². The number of aryl methyl sites for hydroxylation is 1. The molecular weight excluding hydrogens is 190 g/mol. The maximum Gasteiger partial charge on any atom is 0.143 e. The summed E-state index contributed by atoms with van der Waals surface area (Å²) >= 11 is 0. The van der Waals surface area contributed by atoms with Crippen LogP contribution in [-0.4, -0.2) is 16.6 Å². The quantitative estimate of drug-likeness (QED) is 0.828. The number of aromatic nitrogens is 2. The highest BCUT2D eigenvalue weighted by Gasteiger charge is 2.12. The van der Waals surface area contributed by atoms with E-state index in [-0.39, 0.29) is 0 Å². The van der Waals surface area contributed by atoms with Gasteiger partial charge in [0.05, 0.1) is 18.4 Å². The lowest BCUT2D eigenvalue weighted by atomic mass is 10.2. The fourth-order valence-electron chi connectivity index (χ4n) is 1.65. The summed E-state index contributed by atoms with van der Waals surface area (Å²) in [5.41, 5.74) is 1.07. The van der Waals surface area contributed by atoms with Crippen LogP contribution in [0.25, 0.3) is 11.4 Å². The van der Waals surface area contributed by atoms with Crippen LogP contribution in [0.1, 0.15) is 12.7 Å². The summed E-state index contributed by atoms with van der Waals surface area (Å²) < 4.78 is 7.51. The van der Waals surface area contributed by atoms with Crippen molar-refractivity contribution in [1.29, 1.82) is 0 Å². The molecular formula is C11H15N3O. The molecule has 0 bridgehead atoms. The Morgan fingerprint density at radius 1 is 1.53 bits per heavy atom. The molecule has 0 saturated carbocycles. The number of hydrogen-bond donors (Lipinski definition) is 1. The van der Waals surface area contributed by atoms with Gasteiger partial charge in [-0.2, -0.15) is 0 Å². The Kier molecular flexibility index (Phi) is 2.87. The second-order valence-corrected chi connectivity index (χ2v) is 3.32. The molecule has 0 fully saturated rings. The highest BCUT2D eigenvalue weighted by molar-refractivity contribution is 5.57. The topological polar surface area (TPSA) is 43.0 Å². The number of nitrogens with one attached hydrogen (secondary N) is 1. The predicted molar refractivity (Wildman–Crippen MR) is 58.4 cm³/mol. The highest BCUT2D eigenvalue weighted by atomic mass is 16.3. The molecule has 0 aromatic carbocycles. The molecule has 0 saturated heterocycles. The summed E-state index contributed by atoms with van der Waals surface area (Å²) in [5.74, 6) is 1.90. The summed E-state index contributed by atoms with van der Waals surface area (Å²) in [6.07, 6.45) is 5.50. The molecule has 80 valence electrons. The van der Waals surface area contributed by atoms with Crippen molar-refractivity contribution in [3.8, 4) is 11.4 Å². The summed E-state index contributed by atoms with van der Waals surface area (Å²) in [6, 6.07) is 1.96. The number of nitrogens with zero attached hydrogens (tertiary/aromatic N) is 2. The van der Waals surface area contributed by atoms with Crippen LogP contribution in [0.2, 0.25) is 0 Å². The van der Waals surface area contributed by atoms with Crippen LogP contribution in [0.5, 0.6) is 0 Å². The smallest absolute Gasteiger partial charge is 0.143 e. The minimum Gasteiger partial charge on any atom is -0.467 e. The fourth-order valence-corrected chi connectivity index (χ4v) is 1.65. The zero-order valence-corrected chi connectivity index (χ0v) is 9.03. The molecule has 1 N–H and O–H groups in total. The van der Waals surface area contributed by atoms with Crippen molar-refractivity contribution in [2.75, 3.05) is 7.05 Å². The van der Waals surface area contributed by atoms with Crippen LogP contribution in [0.15, 0.2) is 29.1 Å². The molecule has 4 nitrogen and oxygen atoms in total. The van der Waals surface area contributed by atoms with E-state index in [4.69, 9.17) is 4.42 Å². The molecule has 0 unspecified atom stereocenters. The van der Waals surface area contributed by atoms with Gasteiger partial charge in [-0.3, -0.25) is 0 Å². The Morgan fingerprint density at radius 3 is 3.13 bits per heavy atom. The molecule has 0 atom stereocenters. The third-order valence-electron chi connectivity index (χ3n) is 2.38. The van der Waals surface area contributed by atoms with Crippen molar-refractivity contribution in [3.05, 3.63) is 30.5 Å². The van der Waals surface area contributed by atoms with Gasteiger partial charge in [0, 0.05) is 18.9 Å². The van der Waals surface area contributed by atoms with E-state index in [1.54, 1.807) is 6.26 Å². The van der Waals surface area contributed by atoms with Crippen molar-refractivity contribution in [3.63, 3.8) is 0 Å². The Labute approximate surface area is 88.9 Å². The lowest BCUT2D eigenvalue weighted by Gasteiger charge is -2.04. The SMILES string of the molecule is CCn1ccnc1-c1ccoc1CNC. The normalized spacial score (nSPS) is 10.8. The number of imidazole rings is 1. The average molecular weight is 205 g/mol. The van der Waals surface area contributed by atoms with Crippen LogP contribution in [0, 0.1) is 0 Å². The van der Waals surface area contributed by atoms with Gasteiger partial charge in [-0.05, 0) is 20.0 Å². The van der Waals surface area contributed by atoms with E-state index in [1.165, 1.54) is 0 Å². The van der Waals surface area contributed by atoms with Gasteiger partial charge in [0.2, 0.25) is 0 Å². The molecule has 15 heavy (non-hydrogen) atoms. The molecule has 0 aliphatic rings. The van der Waals surface area contributed by atoms with Gasteiger partial charge >= 0.3 is 0 Å². The standard InChI is InChI=1S/C11H15N3O/c1-3-14-6-5-13-11(14)9-4-7-15-10(9)8-12-2/h4-7,12H,3,8H2,1-2H3. The van der Waals surface area contributed by atoms with Gasteiger partial charge in [-0.25, -0.2) is 4.98 Å². The van der Waals surface area contributed by atoms with Gasteiger partial charge in [0.15, 0.2) is 0 Å². The van der Waals surface area contributed by atoms with Crippen molar-refractivity contribution in [1.82, 2.24) is 14.9 Å². The Hall–Kier alpha value is -1.55. The highest BCUT2D eigenvalue weighted by Crippen LogP contribution is 2.23. The van der Waals surface area contributed by atoms with E-state index < -0.39 is 0 Å². The molecule has 2 aromatic rings. The molecule has 4 heteroatoms. The van der Waals surface area contributed by atoms with Gasteiger partial charge in [-0.15, -0.1) is 0 Å². The monoisotopic (exact) mass is 205 g/mol. The number of rotatable bonds is 4. The van der Waals surface area contributed by atoms with Gasteiger partial charge in [-0.1, -0.05) is 0 Å². The minimum atomic E-state index is 0.721. The molecule has 0 radical (unpaired) electrons. The van der Waals surface area contributed by atoms with Crippen LogP contribution in [-0.2, 0) is 13.1 Å². The Bertz CT molecular complexity index is 430. The second-order valence-electron chi connectivity index (χ2n) is 3.32. The van der Waals surface area contributed by atoms with E-state index in [0.29, 0.717) is 0 Å².